The molecular formula is C23H30N6O2. The molecule has 1 aromatic carbocycles. The smallest absolute Gasteiger partial charge is 0.229 e. The van der Waals surface area contributed by atoms with Gasteiger partial charge < -0.3 is 20.1 Å². The van der Waals surface area contributed by atoms with Gasteiger partial charge in [0.05, 0.1) is 30.5 Å². The molecule has 1 fully saturated rings. The second-order valence-electron chi connectivity index (χ2n) is 8.91. The van der Waals surface area contributed by atoms with Crippen molar-refractivity contribution in [2.45, 2.75) is 51.3 Å². The Morgan fingerprint density at radius 3 is 2.81 bits per heavy atom. The van der Waals surface area contributed by atoms with Crippen LogP contribution in [0.2, 0.25) is 0 Å². The number of benzene rings is 1. The first-order valence-electron chi connectivity index (χ1n) is 11.1. The molecule has 0 bridgehead atoms. The van der Waals surface area contributed by atoms with Crippen LogP contribution < -0.4 is 10.1 Å². The molecular weight excluding hydrogens is 392 g/mol. The molecule has 0 atom stereocenters. The summed E-state index contributed by atoms with van der Waals surface area (Å²) in [6.45, 7) is 2.81. The van der Waals surface area contributed by atoms with E-state index in [9.17, 15) is 5.11 Å². The van der Waals surface area contributed by atoms with Gasteiger partial charge in [0.25, 0.3) is 0 Å². The number of hydrogen-bond donors (Lipinski definition) is 2. The van der Waals surface area contributed by atoms with Gasteiger partial charge in [-0.25, -0.2) is 9.67 Å². The number of aliphatic hydroxyl groups excluding tert-OH is 1. The summed E-state index contributed by atoms with van der Waals surface area (Å²) in [5.41, 5.74) is 4.36. The van der Waals surface area contributed by atoms with Gasteiger partial charge in [0.1, 0.15) is 5.75 Å². The van der Waals surface area contributed by atoms with Crippen LogP contribution in [0.5, 0.6) is 5.75 Å². The van der Waals surface area contributed by atoms with E-state index < -0.39 is 0 Å². The predicted molar refractivity (Wildman–Crippen MR) is 120 cm³/mol. The highest BCUT2D eigenvalue weighted by atomic mass is 16.5. The number of aromatic nitrogens is 4. The number of nitrogens with one attached hydrogen (secondary N) is 1. The van der Waals surface area contributed by atoms with E-state index in [0.29, 0.717) is 11.9 Å². The van der Waals surface area contributed by atoms with E-state index in [2.05, 4.69) is 39.5 Å². The van der Waals surface area contributed by atoms with E-state index in [-0.39, 0.29) is 6.10 Å². The maximum Gasteiger partial charge on any atom is 0.229 e. The van der Waals surface area contributed by atoms with Crippen LogP contribution in [-0.2, 0) is 19.5 Å². The Bertz CT molecular complexity index is 1070. The van der Waals surface area contributed by atoms with Crippen molar-refractivity contribution in [1.29, 1.82) is 0 Å². The van der Waals surface area contributed by atoms with E-state index in [4.69, 9.17) is 9.72 Å². The van der Waals surface area contributed by atoms with Gasteiger partial charge in [0, 0.05) is 25.8 Å². The van der Waals surface area contributed by atoms with Gasteiger partial charge in [-0.2, -0.15) is 10.1 Å². The number of methoxy groups -OCH3 is 1. The number of nitrogens with zero attached hydrogens (tertiary/aromatic N) is 5. The van der Waals surface area contributed by atoms with Gasteiger partial charge in [0.15, 0.2) is 5.65 Å². The Morgan fingerprint density at radius 2 is 2.00 bits per heavy atom. The lowest BCUT2D eigenvalue weighted by Crippen LogP contribution is -2.26. The molecule has 2 aromatic heterocycles. The molecule has 2 N–H and O–H groups in total. The number of hydrogen-bond acceptors (Lipinski definition) is 7. The van der Waals surface area contributed by atoms with E-state index in [1.807, 2.05) is 17.1 Å². The van der Waals surface area contributed by atoms with Crippen molar-refractivity contribution in [2.24, 2.45) is 5.92 Å². The topological polar surface area (TPSA) is 88.3 Å². The molecule has 0 saturated heterocycles. The first kappa shape index (κ1) is 20.2. The Kier molecular flexibility index (Phi) is 5.50. The normalized spacial score (nSPS) is 21.8. The van der Waals surface area contributed by atoms with Gasteiger partial charge in [-0.05, 0) is 68.3 Å². The minimum absolute atomic E-state index is 0.143. The van der Waals surface area contributed by atoms with Crippen molar-refractivity contribution >= 4 is 22.7 Å². The van der Waals surface area contributed by atoms with Crippen molar-refractivity contribution in [1.82, 2.24) is 24.6 Å². The summed E-state index contributed by atoms with van der Waals surface area (Å²) in [5.74, 6) is 1.87. The van der Waals surface area contributed by atoms with E-state index in [1.165, 1.54) is 11.1 Å². The number of aliphatic hydroxyl groups is 1. The number of ether oxygens (including phenoxy) is 1. The van der Waals surface area contributed by atoms with Crippen molar-refractivity contribution < 1.29 is 9.84 Å². The van der Waals surface area contributed by atoms with Crippen LogP contribution in [-0.4, -0.2) is 56.6 Å². The van der Waals surface area contributed by atoms with Gasteiger partial charge in [-0.1, -0.05) is 0 Å². The average Bonchev–Trinajstić information content (AvgIpc) is 3.17. The molecule has 8 nitrogen and oxygen atoms in total. The molecule has 31 heavy (non-hydrogen) atoms. The average molecular weight is 423 g/mol. The molecule has 0 radical (unpaired) electrons. The molecule has 0 amide bonds. The Morgan fingerprint density at radius 1 is 1.16 bits per heavy atom. The Balaban J connectivity index is 1.40. The molecule has 0 unspecified atom stereocenters. The third-order valence-corrected chi connectivity index (χ3v) is 6.60. The molecule has 164 valence electrons. The lowest BCUT2D eigenvalue weighted by atomic mass is 9.87. The fourth-order valence-corrected chi connectivity index (χ4v) is 4.75. The van der Waals surface area contributed by atoms with Crippen LogP contribution in [0.1, 0.15) is 36.8 Å². The molecule has 1 aliphatic carbocycles. The minimum atomic E-state index is -0.143. The van der Waals surface area contributed by atoms with Gasteiger partial charge in [0.2, 0.25) is 5.95 Å². The van der Waals surface area contributed by atoms with Crippen LogP contribution >= 0.6 is 0 Å². The zero-order valence-electron chi connectivity index (χ0n) is 18.2. The predicted octanol–water partition coefficient (Wildman–Crippen LogP) is 3.12. The first-order valence-corrected chi connectivity index (χ1v) is 11.1. The quantitative estimate of drug-likeness (QED) is 0.653. The highest BCUT2D eigenvalue weighted by Gasteiger charge is 2.21. The SMILES string of the molecule is COc1cc2c(cc1Nc1ncc3cnn(C[C@H]4CC[C@H](O)CC4)c3n1)CN(C)CC2. The minimum Gasteiger partial charge on any atom is -0.495 e. The molecule has 1 aliphatic heterocycles. The summed E-state index contributed by atoms with van der Waals surface area (Å²) in [7, 11) is 3.84. The second-order valence-corrected chi connectivity index (χ2v) is 8.91. The van der Waals surface area contributed by atoms with Crippen LogP contribution in [0.15, 0.2) is 24.5 Å². The molecule has 0 spiro atoms. The van der Waals surface area contributed by atoms with Gasteiger partial charge >= 0.3 is 0 Å². The Hall–Kier alpha value is -2.71. The summed E-state index contributed by atoms with van der Waals surface area (Å²) in [5, 5.41) is 18.6. The van der Waals surface area contributed by atoms with Crippen LogP contribution in [0, 0.1) is 5.92 Å². The van der Waals surface area contributed by atoms with E-state index >= 15 is 0 Å². The summed E-state index contributed by atoms with van der Waals surface area (Å²) < 4.78 is 7.62. The third kappa shape index (κ3) is 4.22. The summed E-state index contributed by atoms with van der Waals surface area (Å²) in [6, 6.07) is 4.28. The first-order chi connectivity index (χ1) is 15.1. The molecule has 3 aromatic rings. The third-order valence-electron chi connectivity index (χ3n) is 6.60. The largest absolute Gasteiger partial charge is 0.495 e. The molecule has 3 heterocycles. The monoisotopic (exact) mass is 422 g/mol. The highest BCUT2D eigenvalue weighted by molar-refractivity contribution is 5.76. The molecule has 5 rings (SSSR count). The molecule has 2 aliphatic rings. The standard InChI is InChI=1S/C23H30N6O2/c1-28-8-7-16-10-21(31-2)20(9-17(16)14-28)26-23-24-11-18-12-25-29(22(18)27-23)13-15-3-5-19(30)6-4-15/h9-12,15,19,30H,3-8,13-14H2,1-2H3,(H,24,26,27)/t15-,19-. The van der Waals surface area contributed by atoms with E-state index in [0.717, 1.165) is 74.2 Å². The number of anilines is 2. The number of fused-ring (bicyclic) bond motifs is 2. The highest BCUT2D eigenvalue weighted by Crippen LogP contribution is 2.33. The van der Waals surface area contributed by atoms with Crippen LogP contribution in [0.3, 0.4) is 0 Å². The van der Waals surface area contributed by atoms with Gasteiger partial charge in [-0.3, -0.25) is 0 Å². The maximum atomic E-state index is 9.77. The lowest BCUT2D eigenvalue weighted by Gasteiger charge is -2.26. The maximum absolute atomic E-state index is 9.77. The van der Waals surface area contributed by atoms with E-state index in [1.54, 1.807) is 7.11 Å². The van der Waals surface area contributed by atoms with Crippen molar-refractivity contribution in [3.63, 3.8) is 0 Å². The summed E-state index contributed by atoms with van der Waals surface area (Å²) >= 11 is 0. The molecule has 8 heteroatoms. The lowest BCUT2D eigenvalue weighted by molar-refractivity contribution is 0.103. The fourth-order valence-electron chi connectivity index (χ4n) is 4.75. The van der Waals surface area contributed by atoms with Crippen molar-refractivity contribution in [3.8, 4) is 5.75 Å². The number of rotatable bonds is 5. The zero-order chi connectivity index (χ0) is 21.4. The summed E-state index contributed by atoms with van der Waals surface area (Å²) in [6.07, 6.45) is 8.33. The summed E-state index contributed by atoms with van der Waals surface area (Å²) in [4.78, 5) is 11.6. The van der Waals surface area contributed by atoms with Crippen molar-refractivity contribution in [3.05, 3.63) is 35.7 Å². The van der Waals surface area contributed by atoms with Crippen molar-refractivity contribution in [2.75, 3.05) is 26.0 Å². The zero-order valence-corrected chi connectivity index (χ0v) is 18.2. The number of likely N-dealkylation sites (N-methyl/N-ethyl adjacent to an activating group) is 1. The van der Waals surface area contributed by atoms with Gasteiger partial charge in [-0.15, -0.1) is 0 Å². The second kappa shape index (κ2) is 8.43. The van der Waals surface area contributed by atoms with Crippen LogP contribution in [0.25, 0.3) is 11.0 Å². The van der Waals surface area contributed by atoms with Crippen LogP contribution in [0.4, 0.5) is 11.6 Å². The molecule has 1 saturated carbocycles. The Labute approximate surface area is 182 Å². The fraction of sp³-hybridized carbons (Fsp3) is 0.522.